The summed E-state index contributed by atoms with van der Waals surface area (Å²) >= 11 is 13.1. The highest BCUT2D eigenvalue weighted by Crippen LogP contribution is 2.25. The molecule has 136 valence electrons. The molecule has 0 amide bonds. The molecule has 0 spiro atoms. The van der Waals surface area contributed by atoms with Crippen molar-refractivity contribution >= 4 is 52.2 Å². The second-order valence-corrected chi connectivity index (χ2v) is 7.15. The number of fused-ring (bicyclic) bond motifs is 1. The average molecular weight is 415 g/mol. The second-order valence-electron chi connectivity index (χ2n) is 5.36. The van der Waals surface area contributed by atoms with E-state index in [1.54, 1.807) is 10.6 Å². The van der Waals surface area contributed by atoms with E-state index in [1.165, 1.54) is 20.2 Å². The molecule has 3 rings (SSSR count). The highest BCUT2D eigenvalue weighted by Gasteiger charge is 2.21. The van der Waals surface area contributed by atoms with Crippen molar-refractivity contribution in [2.75, 3.05) is 11.5 Å². The molecule has 0 bridgehead atoms. The van der Waals surface area contributed by atoms with Crippen LogP contribution in [-0.2, 0) is 14.1 Å². The van der Waals surface area contributed by atoms with Gasteiger partial charge in [0.2, 0.25) is 0 Å². The number of aromatic nitrogens is 5. The van der Waals surface area contributed by atoms with Gasteiger partial charge < -0.3 is 5.73 Å². The third kappa shape index (κ3) is 3.00. The van der Waals surface area contributed by atoms with Gasteiger partial charge in [-0.25, -0.2) is 4.79 Å². The fourth-order valence-electron chi connectivity index (χ4n) is 2.33. The Labute approximate surface area is 160 Å². The number of carbonyl (C=O) groups excluding carboxylic acids is 1. The Morgan fingerprint density at radius 1 is 1.23 bits per heavy atom. The van der Waals surface area contributed by atoms with E-state index < -0.39 is 17.0 Å². The number of hydrogen-bond donors (Lipinski definition) is 1. The van der Waals surface area contributed by atoms with Crippen molar-refractivity contribution in [3.8, 4) is 0 Å². The van der Waals surface area contributed by atoms with Crippen LogP contribution in [0.1, 0.15) is 10.4 Å². The van der Waals surface area contributed by atoms with Gasteiger partial charge >= 0.3 is 5.69 Å². The van der Waals surface area contributed by atoms with Crippen molar-refractivity contribution < 1.29 is 4.79 Å². The number of anilines is 1. The molecule has 26 heavy (non-hydrogen) atoms. The van der Waals surface area contributed by atoms with Crippen LogP contribution in [0.4, 0.5) is 5.82 Å². The number of rotatable bonds is 4. The molecule has 0 unspecified atom stereocenters. The predicted octanol–water partition coefficient (Wildman–Crippen LogP) is 0.991. The summed E-state index contributed by atoms with van der Waals surface area (Å²) in [5.74, 6) is -0.850. The number of pyridine rings is 1. The molecule has 0 aromatic carbocycles. The minimum atomic E-state index is -0.742. The number of nitrogens with two attached hydrogens (primary N) is 1. The zero-order valence-electron chi connectivity index (χ0n) is 13.6. The monoisotopic (exact) mass is 414 g/mol. The molecule has 9 nitrogen and oxygen atoms in total. The van der Waals surface area contributed by atoms with Gasteiger partial charge in [-0.2, -0.15) is 0 Å². The van der Waals surface area contributed by atoms with Gasteiger partial charge in [-0.15, -0.1) is 10.2 Å². The molecule has 0 saturated heterocycles. The molecule has 0 aliphatic heterocycles. The third-order valence-electron chi connectivity index (χ3n) is 3.72. The van der Waals surface area contributed by atoms with Crippen molar-refractivity contribution in [2.45, 2.75) is 5.16 Å². The Morgan fingerprint density at radius 2 is 1.92 bits per heavy atom. The topological polar surface area (TPSA) is 117 Å². The Morgan fingerprint density at radius 3 is 2.62 bits per heavy atom. The van der Waals surface area contributed by atoms with Crippen molar-refractivity contribution in [2.24, 2.45) is 14.1 Å². The molecular weight excluding hydrogens is 403 g/mol. The first-order valence-electron chi connectivity index (χ1n) is 7.13. The number of nitrogens with zero attached hydrogens (tertiary/aromatic N) is 5. The molecular formula is C14H12Cl2N6O3S. The molecule has 0 saturated carbocycles. The second kappa shape index (κ2) is 6.78. The van der Waals surface area contributed by atoms with E-state index >= 15 is 0 Å². The average Bonchev–Trinajstić information content (AvgIpc) is 2.99. The van der Waals surface area contributed by atoms with Gasteiger partial charge in [-0.3, -0.25) is 23.1 Å². The van der Waals surface area contributed by atoms with E-state index in [1.807, 2.05) is 0 Å². The SMILES string of the molecule is Cn1c(N)c(C(=O)CSc2nnc3c(Cl)cc(Cl)cn23)c(=O)n(C)c1=O. The van der Waals surface area contributed by atoms with Crippen molar-refractivity contribution in [1.82, 2.24) is 23.7 Å². The molecule has 3 heterocycles. The van der Waals surface area contributed by atoms with E-state index in [-0.39, 0.29) is 17.1 Å². The van der Waals surface area contributed by atoms with Crippen LogP contribution in [0.3, 0.4) is 0 Å². The van der Waals surface area contributed by atoms with Gasteiger partial charge in [-0.05, 0) is 6.07 Å². The summed E-state index contributed by atoms with van der Waals surface area (Å²) in [5.41, 5.74) is 4.58. The van der Waals surface area contributed by atoms with E-state index in [0.717, 1.165) is 20.9 Å². The molecule has 3 aromatic rings. The largest absolute Gasteiger partial charge is 0.384 e. The maximum absolute atomic E-state index is 12.5. The molecule has 3 aromatic heterocycles. The first-order valence-corrected chi connectivity index (χ1v) is 8.87. The zero-order valence-corrected chi connectivity index (χ0v) is 15.9. The summed E-state index contributed by atoms with van der Waals surface area (Å²) in [6, 6.07) is 1.53. The first kappa shape index (κ1) is 18.5. The Hall–Kier alpha value is -2.30. The van der Waals surface area contributed by atoms with Gasteiger partial charge in [0.05, 0.1) is 15.8 Å². The summed E-state index contributed by atoms with van der Waals surface area (Å²) < 4.78 is 3.43. The van der Waals surface area contributed by atoms with E-state index in [0.29, 0.717) is 20.8 Å². The normalized spacial score (nSPS) is 11.2. The minimum Gasteiger partial charge on any atom is -0.384 e. The Kier molecular flexibility index (Phi) is 4.82. The van der Waals surface area contributed by atoms with Crippen LogP contribution >= 0.6 is 35.0 Å². The van der Waals surface area contributed by atoms with E-state index in [2.05, 4.69) is 10.2 Å². The summed E-state index contributed by atoms with van der Waals surface area (Å²) in [6.45, 7) is 0. The van der Waals surface area contributed by atoms with Crippen LogP contribution in [0.2, 0.25) is 10.0 Å². The van der Waals surface area contributed by atoms with Crippen LogP contribution in [0.15, 0.2) is 27.0 Å². The fourth-order valence-corrected chi connectivity index (χ4v) is 3.62. The van der Waals surface area contributed by atoms with Crippen LogP contribution in [0.25, 0.3) is 5.65 Å². The lowest BCUT2D eigenvalue weighted by Gasteiger charge is -2.10. The molecule has 0 atom stereocenters. The molecule has 0 aliphatic carbocycles. The number of ketones is 1. The maximum atomic E-state index is 12.5. The molecule has 0 aliphatic rings. The van der Waals surface area contributed by atoms with Crippen molar-refractivity contribution in [1.29, 1.82) is 0 Å². The van der Waals surface area contributed by atoms with Crippen LogP contribution in [0, 0.1) is 0 Å². The van der Waals surface area contributed by atoms with Gasteiger partial charge in [0.25, 0.3) is 5.56 Å². The molecule has 0 radical (unpaired) electrons. The quantitative estimate of drug-likeness (QED) is 0.499. The zero-order chi connectivity index (χ0) is 19.2. The summed E-state index contributed by atoms with van der Waals surface area (Å²) in [6.07, 6.45) is 1.56. The standard InChI is InChI=1S/C14H12Cl2N6O3S/c1-20-10(17)9(12(24)21(2)14(20)25)8(23)5-26-13-19-18-11-7(16)3-6(15)4-22(11)13/h3-4H,5,17H2,1-2H3. The highest BCUT2D eigenvalue weighted by molar-refractivity contribution is 7.99. The lowest BCUT2D eigenvalue weighted by Crippen LogP contribution is -2.41. The predicted molar refractivity (Wildman–Crippen MR) is 99.4 cm³/mol. The van der Waals surface area contributed by atoms with Crippen LogP contribution in [-0.4, -0.2) is 35.3 Å². The third-order valence-corrected chi connectivity index (χ3v) is 5.14. The van der Waals surface area contributed by atoms with Crippen LogP contribution in [0.5, 0.6) is 0 Å². The van der Waals surface area contributed by atoms with Gasteiger partial charge in [0.1, 0.15) is 11.4 Å². The summed E-state index contributed by atoms with van der Waals surface area (Å²) in [7, 11) is 2.67. The van der Waals surface area contributed by atoms with Gasteiger partial charge in [-0.1, -0.05) is 35.0 Å². The number of halogens is 2. The Balaban J connectivity index is 1.94. The van der Waals surface area contributed by atoms with E-state index in [9.17, 15) is 14.4 Å². The number of thioether (sulfide) groups is 1. The lowest BCUT2D eigenvalue weighted by molar-refractivity contribution is 0.102. The number of hydrogen-bond acceptors (Lipinski definition) is 7. The molecule has 0 fully saturated rings. The molecule has 12 heteroatoms. The first-order chi connectivity index (χ1) is 12.2. The number of Topliss-reactive ketones (excluding diaryl/α,β-unsaturated/α-hetero) is 1. The number of carbonyl (C=O) groups is 1. The summed E-state index contributed by atoms with van der Waals surface area (Å²) in [4.78, 5) is 36.6. The lowest BCUT2D eigenvalue weighted by atomic mass is 10.2. The molecule has 2 N–H and O–H groups in total. The maximum Gasteiger partial charge on any atom is 0.332 e. The van der Waals surface area contributed by atoms with Gasteiger partial charge in [0, 0.05) is 20.3 Å². The Bertz CT molecular complexity index is 1170. The minimum absolute atomic E-state index is 0.136. The number of nitrogen functional groups attached to an aromatic ring is 1. The fraction of sp³-hybridized carbons (Fsp3) is 0.214. The van der Waals surface area contributed by atoms with Crippen molar-refractivity contribution in [3.05, 3.63) is 48.7 Å². The summed E-state index contributed by atoms with van der Waals surface area (Å²) in [5, 5.41) is 8.98. The van der Waals surface area contributed by atoms with Crippen LogP contribution < -0.4 is 17.0 Å². The van der Waals surface area contributed by atoms with Gasteiger partial charge in [0.15, 0.2) is 16.6 Å². The van der Waals surface area contributed by atoms with Crippen molar-refractivity contribution in [3.63, 3.8) is 0 Å². The van der Waals surface area contributed by atoms with E-state index in [4.69, 9.17) is 28.9 Å². The highest BCUT2D eigenvalue weighted by atomic mass is 35.5. The smallest absolute Gasteiger partial charge is 0.332 e.